The van der Waals surface area contributed by atoms with Crippen LogP contribution in [0.4, 0.5) is 5.95 Å². The second-order valence-corrected chi connectivity index (χ2v) is 7.57. The van der Waals surface area contributed by atoms with Crippen molar-refractivity contribution in [1.29, 1.82) is 0 Å². The molecule has 10 heteroatoms. The molecule has 0 saturated carbocycles. The molecule has 0 unspecified atom stereocenters. The van der Waals surface area contributed by atoms with Crippen LogP contribution in [0.5, 0.6) is 0 Å². The van der Waals surface area contributed by atoms with Crippen molar-refractivity contribution < 1.29 is 4.79 Å². The number of hydrogen-bond acceptors (Lipinski definition) is 6. The summed E-state index contributed by atoms with van der Waals surface area (Å²) in [5.74, 6) is 1.43. The monoisotopic (exact) mass is 400 g/mol. The molecule has 2 N–H and O–H groups in total. The first kappa shape index (κ1) is 20.6. The minimum absolute atomic E-state index is 0. The van der Waals surface area contributed by atoms with Crippen LogP contribution in [0.1, 0.15) is 41.6 Å². The summed E-state index contributed by atoms with van der Waals surface area (Å²) >= 11 is 1.22. The summed E-state index contributed by atoms with van der Waals surface area (Å²) < 4.78 is 3.26. The number of carbonyl (C=O) groups excluding carboxylic acids is 1. The molecule has 1 aliphatic heterocycles. The zero-order chi connectivity index (χ0) is 18.0. The Labute approximate surface area is 162 Å². The molecule has 0 spiro atoms. The predicted molar refractivity (Wildman–Crippen MR) is 104 cm³/mol. The van der Waals surface area contributed by atoms with E-state index in [1.807, 2.05) is 13.8 Å². The summed E-state index contributed by atoms with van der Waals surface area (Å²) in [6.45, 7) is 6.14. The van der Waals surface area contributed by atoms with Crippen LogP contribution in [0.15, 0.2) is 4.79 Å². The second-order valence-electron chi connectivity index (χ2n) is 6.40. The average molecular weight is 401 g/mol. The van der Waals surface area contributed by atoms with Gasteiger partial charge in [-0.2, -0.15) is 10.1 Å². The highest BCUT2D eigenvalue weighted by atomic mass is 35.5. The van der Waals surface area contributed by atoms with Crippen molar-refractivity contribution in [1.82, 2.24) is 24.6 Å². The molecular weight excluding hydrogens is 376 g/mol. The lowest BCUT2D eigenvalue weighted by Crippen LogP contribution is -2.27. The van der Waals surface area contributed by atoms with E-state index >= 15 is 0 Å². The summed E-state index contributed by atoms with van der Waals surface area (Å²) in [6.07, 6.45) is 2.25. The summed E-state index contributed by atoms with van der Waals surface area (Å²) in [4.78, 5) is 29.6. The Bertz CT molecular complexity index is 821. The minimum atomic E-state index is -0.164. The fourth-order valence-electron chi connectivity index (χ4n) is 3.01. The number of piperidine rings is 1. The van der Waals surface area contributed by atoms with Gasteiger partial charge >= 0.3 is 4.87 Å². The summed E-state index contributed by atoms with van der Waals surface area (Å²) in [7, 11) is 1.78. The van der Waals surface area contributed by atoms with Gasteiger partial charge in [-0.3, -0.25) is 14.9 Å². The van der Waals surface area contributed by atoms with E-state index in [-0.39, 0.29) is 29.6 Å². The normalized spacial score (nSPS) is 14.9. The molecule has 144 valence electrons. The Morgan fingerprint density at radius 2 is 2.04 bits per heavy atom. The minimum Gasteiger partial charge on any atom is -0.317 e. The molecular formula is C16H25ClN6O2S. The van der Waals surface area contributed by atoms with Gasteiger partial charge in [-0.25, -0.2) is 4.68 Å². The third kappa shape index (κ3) is 4.52. The first-order chi connectivity index (χ1) is 12.0. The maximum atomic E-state index is 12.2. The zero-order valence-electron chi connectivity index (χ0n) is 15.2. The van der Waals surface area contributed by atoms with Gasteiger partial charge in [-0.1, -0.05) is 11.3 Å². The molecule has 0 bridgehead atoms. The molecule has 0 radical (unpaired) electrons. The molecule has 3 rings (SSSR count). The fraction of sp³-hybridized carbons (Fsp3) is 0.625. The van der Waals surface area contributed by atoms with Crippen molar-refractivity contribution in [3.8, 4) is 0 Å². The third-order valence-corrected chi connectivity index (χ3v) is 5.67. The van der Waals surface area contributed by atoms with Crippen molar-refractivity contribution in [2.24, 2.45) is 7.05 Å². The van der Waals surface area contributed by atoms with Crippen LogP contribution < -0.4 is 15.5 Å². The van der Waals surface area contributed by atoms with Crippen molar-refractivity contribution in [2.75, 3.05) is 18.4 Å². The van der Waals surface area contributed by atoms with Crippen molar-refractivity contribution >= 4 is 35.6 Å². The van der Waals surface area contributed by atoms with E-state index in [4.69, 9.17) is 0 Å². The molecule has 1 aliphatic rings. The molecule has 8 nitrogen and oxygen atoms in total. The van der Waals surface area contributed by atoms with Gasteiger partial charge < -0.3 is 9.88 Å². The number of thiazole rings is 1. The Balaban J connectivity index is 0.00000243. The smallest absolute Gasteiger partial charge is 0.307 e. The standard InChI is InChI=1S/C16H24N6O2S.ClH/c1-10-11(2)25-16(24)22(10)9-6-13(23)18-15-19-14(20-21(15)3)12-4-7-17-8-5-12;/h12,17H,4-9H2,1-3H3,(H,18,19,20,23);1H. The number of carbonyl (C=O) groups is 1. The lowest BCUT2D eigenvalue weighted by atomic mass is 9.98. The maximum absolute atomic E-state index is 12.2. The van der Waals surface area contributed by atoms with Gasteiger partial charge in [0.1, 0.15) is 0 Å². The van der Waals surface area contributed by atoms with E-state index < -0.39 is 0 Å². The molecule has 0 aromatic carbocycles. The number of aromatic nitrogens is 4. The van der Waals surface area contributed by atoms with E-state index in [0.29, 0.717) is 18.4 Å². The van der Waals surface area contributed by atoms with Gasteiger partial charge in [-0.05, 0) is 39.8 Å². The maximum Gasteiger partial charge on any atom is 0.307 e. The molecule has 26 heavy (non-hydrogen) atoms. The number of nitrogens with zero attached hydrogens (tertiary/aromatic N) is 4. The number of anilines is 1. The first-order valence-electron chi connectivity index (χ1n) is 8.54. The van der Waals surface area contributed by atoms with Crippen LogP contribution in [0.2, 0.25) is 0 Å². The number of rotatable bonds is 5. The van der Waals surface area contributed by atoms with Crippen LogP contribution in [-0.4, -0.2) is 38.3 Å². The summed E-state index contributed by atoms with van der Waals surface area (Å²) in [5.41, 5.74) is 0.926. The van der Waals surface area contributed by atoms with Crippen LogP contribution in [0, 0.1) is 13.8 Å². The molecule has 1 saturated heterocycles. The second kappa shape index (κ2) is 8.79. The Morgan fingerprint density at radius 1 is 1.35 bits per heavy atom. The van der Waals surface area contributed by atoms with E-state index in [2.05, 4.69) is 20.7 Å². The quantitative estimate of drug-likeness (QED) is 0.794. The lowest BCUT2D eigenvalue weighted by molar-refractivity contribution is -0.116. The van der Waals surface area contributed by atoms with E-state index in [9.17, 15) is 9.59 Å². The topological polar surface area (TPSA) is 93.8 Å². The molecule has 1 amide bonds. The number of hydrogen-bond donors (Lipinski definition) is 2. The summed E-state index contributed by atoms with van der Waals surface area (Å²) in [5, 5.41) is 10.6. The Hall–Kier alpha value is -1.71. The molecule has 0 atom stereocenters. The van der Waals surface area contributed by atoms with E-state index in [1.54, 1.807) is 16.3 Å². The van der Waals surface area contributed by atoms with Crippen molar-refractivity contribution in [3.63, 3.8) is 0 Å². The van der Waals surface area contributed by atoms with Crippen molar-refractivity contribution in [3.05, 3.63) is 26.1 Å². The predicted octanol–water partition coefficient (Wildman–Crippen LogP) is 1.57. The molecule has 2 aromatic rings. The van der Waals surface area contributed by atoms with Crippen LogP contribution >= 0.6 is 23.7 Å². The van der Waals surface area contributed by atoms with Gasteiger partial charge in [0.25, 0.3) is 0 Å². The highest BCUT2D eigenvalue weighted by Crippen LogP contribution is 2.23. The Morgan fingerprint density at radius 3 is 2.65 bits per heavy atom. The Kier molecular flexibility index (Phi) is 6.96. The van der Waals surface area contributed by atoms with Gasteiger partial charge in [0, 0.05) is 36.5 Å². The highest BCUT2D eigenvalue weighted by molar-refractivity contribution is 7.09. The van der Waals surface area contributed by atoms with Gasteiger partial charge in [-0.15, -0.1) is 12.4 Å². The first-order valence-corrected chi connectivity index (χ1v) is 9.35. The largest absolute Gasteiger partial charge is 0.317 e. The molecule has 3 heterocycles. The number of nitrogens with one attached hydrogen (secondary N) is 2. The lowest BCUT2D eigenvalue weighted by Gasteiger charge is -2.19. The molecule has 2 aromatic heterocycles. The number of halogens is 1. The third-order valence-electron chi connectivity index (χ3n) is 4.67. The fourth-order valence-corrected chi connectivity index (χ4v) is 3.87. The summed E-state index contributed by atoms with van der Waals surface area (Å²) in [6, 6.07) is 0. The van der Waals surface area contributed by atoms with Gasteiger partial charge in [0.15, 0.2) is 5.82 Å². The average Bonchev–Trinajstić information content (AvgIpc) is 3.07. The van der Waals surface area contributed by atoms with Crippen LogP contribution in [0.3, 0.4) is 0 Å². The van der Waals surface area contributed by atoms with Crippen LogP contribution in [0.25, 0.3) is 0 Å². The van der Waals surface area contributed by atoms with E-state index in [1.165, 1.54) is 11.3 Å². The molecule has 0 aliphatic carbocycles. The highest BCUT2D eigenvalue weighted by Gasteiger charge is 2.21. The van der Waals surface area contributed by atoms with E-state index in [0.717, 1.165) is 42.3 Å². The molecule has 1 fully saturated rings. The number of aryl methyl sites for hydroxylation is 2. The van der Waals surface area contributed by atoms with Crippen molar-refractivity contribution in [2.45, 2.75) is 45.6 Å². The SMILES string of the molecule is Cc1sc(=O)n(CCC(=O)Nc2nc(C3CCNCC3)nn2C)c1C.Cl. The zero-order valence-corrected chi connectivity index (χ0v) is 16.9. The van der Waals surface area contributed by atoms with Crippen LogP contribution in [-0.2, 0) is 18.4 Å². The van der Waals surface area contributed by atoms with Gasteiger partial charge in [0.2, 0.25) is 11.9 Å². The van der Waals surface area contributed by atoms with Gasteiger partial charge in [0.05, 0.1) is 0 Å². The number of amides is 1.